The Labute approximate surface area is 156 Å². The number of nitrogens with one attached hydrogen (secondary N) is 1. The van der Waals surface area contributed by atoms with E-state index in [2.05, 4.69) is 19.2 Å². The summed E-state index contributed by atoms with van der Waals surface area (Å²) in [6.45, 7) is 6.42. The number of likely N-dealkylation sites (tertiary alicyclic amines) is 1. The molecule has 5 nitrogen and oxygen atoms in total. The van der Waals surface area contributed by atoms with Crippen LogP contribution in [0, 0.1) is 11.8 Å². The van der Waals surface area contributed by atoms with Crippen molar-refractivity contribution in [2.75, 3.05) is 19.7 Å². The molecule has 1 heterocycles. The molecule has 2 aliphatic rings. The summed E-state index contributed by atoms with van der Waals surface area (Å²) in [5.41, 5.74) is 0.673. The molecule has 1 saturated carbocycles. The highest BCUT2D eigenvalue weighted by Crippen LogP contribution is 2.22. The quantitative estimate of drug-likeness (QED) is 0.814. The number of nitrogens with zero attached hydrogens (tertiary/aromatic N) is 1. The minimum atomic E-state index is -0.00867. The number of amides is 2. The smallest absolute Gasteiger partial charge is 0.251 e. The molecule has 0 bridgehead atoms. The second-order valence-electron chi connectivity index (χ2n) is 8.03. The van der Waals surface area contributed by atoms with Crippen molar-refractivity contribution in [1.82, 2.24) is 10.2 Å². The molecule has 5 heteroatoms. The highest BCUT2D eigenvalue weighted by Gasteiger charge is 2.25. The molecular formula is C21H30N2O3. The Kier molecular flexibility index (Phi) is 6.17. The summed E-state index contributed by atoms with van der Waals surface area (Å²) in [7, 11) is 0. The maximum atomic E-state index is 12.3. The maximum absolute atomic E-state index is 12.3. The van der Waals surface area contributed by atoms with Gasteiger partial charge in [0.05, 0.1) is 6.61 Å². The fourth-order valence-corrected chi connectivity index (χ4v) is 3.32. The fourth-order valence-electron chi connectivity index (χ4n) is 3.32. The van der Waals surface area contributed by atoms with Crippen LogP contribution in [0.2, 0.25) is 0 Å². The molecule has 0 aromatic heterocycles. The standard InChI is InChI=1S/C21H30N2O3/c1-15(2)12-20(24)23-11-3-4-16(13-23)14-26-19-9-5-17(6-10-19)21(25)22-18-7-8-18/h5-6,9-10,15-16,18H,3-4,7-8,11-14H2,1-2H3,(H,22,25)/t16-/m1/s1. The lowest BCUT2D eigenvalue weighted by molar-refractivity contribution is -0.134. The third kappa shape index (κ3) is 5.48. The minimum absolute atomic E-state index is 0.00867. The molecule has 1 aliphatic carbocycles. The van der Waals surface area contributed by atoms with Crippen molar-refractivity contribution in [2.24, 2.45) is 11.8 Å². The maximum Gasteiger partial charge on any atom is 0.251 e. The van der Waals surface area contributed by atoms with Crippen molar-refractivity contribution in [2.45, 2.75) is 52.0 Å². The highest BCUT2D eigenvalue weighted by molar-refractivity contribution is 5.94. The highest BCUT2D eigenvalue weighted by atomic mass is 16.5. The Morgan fingerprint density at radius 1 is 1.19 bits per heavy atom. The number of rotatable bonds is 7. The summed E-state index contributed by atoms with van der Waals surface area (Å²) in [4.78, 5) is 26.2. The summed E-state index contributed by atoms with van der Waals surface area (Å²) in [6, 6.07) is 7.70. The normalized spacial score (nSPS) is 20.1. The van der Waals surface area contributed by atoms with Crippen LogP contribution >= 0.6 is 0 Å². The van der Waals surface area contributed by atoms with Gasteiger partial charge in [-0.05, 0) is 55.9 Å². The molecule has 2 amide bonds. The lowest BCUT2D eigenvalue weighted by Crippen LogP contribution is -2.41. The number of hydrogen-bond acceptors (Lipinski definition) is 3. The Morgan fingerprint density at radius 3 is 2.58 bits per heavy atom. The Morgan fingerprint density at radius 2 is 1.92 bits per heavy atom. The van der Waals surface area contributed by atoms with E-state index in [9.17, 15) is 9.59 Å². The lowest BCUT2D eigenvalue weighted by atomic mass is 9.98. The van der Waals surface area contributed by atoms with Crippen molar-refractivity contribution in [1.29, 1.82) is 0 Å². The molecule has 1 aliphatic heterocycles. The van der Waals surface area contributed by atoms with E-state index in [1.165, 1.54) is 0 Å². The molecule has 2 fully saturated rings. The lowest BCUT2D eigenvalue weighted by Gasteiger charge is -2.33. The SMILES string of the molecule is CC(C)CC(=O)N1CCC[C@@H](COc2ccc(C(=O)NC3CC3)cc2)C1. The molecule has 1 saturated heterocycles. The van der Waals surface area contributed by atoms with Gasteiger partial charge >= 0.3 is 0 Å². The number of carbonyl (C=O) groups excluding carboxylic acids is 2. The predicted octanol–water partition coefficient (Wildman–Crippen LogP) is 3.24. The summed E-state index contributed by atoms with van der Waals surface area (Å²) < 4.78 is 5.91. The van der Waals surface area contributed by atoms with Gasteiger partial charge in [0.2, 0.25) is 5.91 Å². The molecule has 0 spiro atoms. The second kappa shape index (κ2) is 8.56. The molecule has 1 atom stereocenters. The van der Waals surface area contributed by atoms with Gasteiger partial charge < -0.3 is 15.0 Å². The Bertz CT molecular complexity index is 623. The molecule has 1 aromatic carbocycles. The summed E-state index contributed by atoms with van der Waals surface area (Å²) in [5, 5.41) is 2.98. The first-order valence-electron chi connectivity index (χ1n) is 9.82. The average molecular weight is 358 g/mol. The fraction of sp³-hybridized carbons (Fsp3) is 0.619. The van der Waals surface area contributed by atoms with Crippen LogP contribution in [-0.2, 0) is 4.79 Å². The van der Waals surface area contributed by atoms with E-state index in [4.69, 9.17) is 4.74 Å². The molecule has 26 heavy (non-hydrogen) atoms. The molecule has 3 rings (SSSR count). The number of ether oxygens (including phenoxy) is 1. The summed E-state index contributed by atoms with van der Waals surface area (Å²) >= 11 is 0. The Hall–Kier alpha value is -2.04. The van der Waals surface area contributed by atoms with Gasteiger partial charge in [0, 0.05) is 37.0 Å². The average Bonchev–Trinajstić information content (AvgIpc) is 3.44. The van der Waals surface area contributed by atoms with Crippen molar-refractivity contribution in [3.05, 3.63) is 29.8 Å². The third-order valence-corrected chi connectivity index (χ3v) is 4.97. The van der Waals surface area contributed by atoms with Gasteiger partial charge in [0.1, 0.15) is 5.75 Å². The van der Waals surface area contributed by atoms with Gasteiger partial charge in [-0.2, -0.15) is 0 Å². The van der Waals surface area contributed by atoms with Gasteiger partial charge in [-0.3, -0.25) is 9.59 Å². The van der Waals surface area contributed by atoms with E-state index >= 15 is 0 Å². The van der Waals surface area contributed by atoms with E-state index in [1.54, 1.807) is 0 Å². The zero-order valence-corrected chi connectivity index (χ0v) is 15.9. The van der Waals surface area contributed by atoms with Crippen molar-refractivity contribution in [3.63, 3.8) is 0 Å². The van der Waals surface area contributed by atoms with Crippen molar-refractivity contribution >= 4 is 11.8 Å². The molecular weight excluding hydrogens is 328 g/mol. The molecule has 142 valence electrons. The van der Waals surface area contributed by atoms with Crippen LogP contribution in [0.5, 0.6) is 5.75 Å². The monoisotopic (exact) mass is 358 g/mol. The first kappa shape index (κ1) is 18.7. The van der Waals surface area contributed by atoms with Crippen molar-refractivity contribution < 1.29 is 14.3 Å². The van der Waals surface area contributed by atoms with Crippen molar-refractivity contribution in [3.8, 4) is 5.75 Å². The van der Waals surface area contributed by atoms with Gasteiger partial charge in [-0.15, -0.1) is 0 Å². The Balaban J connectivity index is 1.45. The molecule has 0 unspecified atom stereocenters. The third-order valence-electron chi connectivity index (χ3n) is 4.97. The second-order valence-corrected chi connectivity index (χ2v) is 8.03. The topological polar surface area (TPSA) is 58.6 Å². The zero-order chi connectivity index (χ0) is 18.5. The summed E-state index contributed by atoms with van der Waals surface area (Å²) in [6.07, 6.45) is 4.93. The van der Waals surface area contributed by atoms with Crippen LogP contribution in [0.4, 0.5) is 0 Å². The van der Waals surface area contributed by atoms with E-state index < -0.39 is 0 Å². The molecule has 1 N–H and O–H groups in total. The van der Waals surface area contributed by atoms with Crippen LogP contribution in [0.3, 0.4) is 0 Å². The van der Waals surface area contributed by atoms with E-state index in [1.807, 2.05) is 29.2 Å². The zero-order valence-electron chi connectivity index (χ0n) is 15.9. The van der Waals surface area contributed by atoms with Gasteiger partial charge in [0.25, 0.3) is 5.91 Å². The van der Waals surface area contributed by atoms with Crippen LogP contribution in [0.15, 0.2) is 24.3 Å². The predicted molar refractivity (Wildman–Crippen MR) is 101 cm³/mol. The first-order chi connectivity index (χ1) is 12.5. The van der Waals surface area contributed by atoms with Crippen LogP contribution in [0.25, 0.3) is 0 Å². The number of benzene rings is 1. The first-order valence-corrected chi connectivity index (χ1v) is 9.82. The van der Waals surface area contributed by atoms with Gasteiger partial charge in [-0.25, -0.2) is 0 Å². The van der Waals surface area contributed by atoms with Gasteiger partial charge in [-0.1, -0.05) is 13.8 Å². The van der Waals surface area contributed by atoms with E-state index in [0.717, 1.165) is 44.5 Å². The van der Waals surface area contributed by atoms with Crippen LogP contribution in [0.1, 0.15) is 56.3 Å². The number of hydrogen-bond donors (Lipinski definition) is 1. The minimum Gasteiger partial charge on any atom is -0.493 e. The van der Waals surface area contributed by atoms with E-state index in [-0.39, 0.29) is 11.8 Å². The molecule has 0 radical (unpaired) electrons. The van der Waals surface area contributed by atoms with E-state index in [0.29, 0.717) is 36.5 Å². The number of carbonyl (C=O) groups is 2. The number of piperidine rings is 1. The summed E-state index contributed by atoms with van der Waals surface area (Å²) in [5.74, 6) is 1.80. The van der Waals surface area contributed by atoms with Gasteiger partial charge in [0.15, 0.2) is 0 Å². The van der Waals surface area contributed by atoms with Crippen LogP contribution in [-0.4, -0.2) is 42.5 Å². The largest absolute Gasteiger partial charge is 0.493 e. The van der Waals surface area contributed by atoms with Crippen LogP contribution < -0.4 is 10.1 Å². The molecule has 1 aromatic rings.